The minimum atomic E-state index is -1.96. The Kier molecular flexibility index (Phi) is 7.57. The second-order valence-corrected chi connectivity index (χ2v) is 10.8. The Hall–Kier alpha value is -5.51. The number of ether oxygens (including phenoxy) is 3. The fourth-order valence-electron chi connectivity index (χ4n) is 6.67. The van der Waals surface area contributed by atoms with Gasteiger partial charge in [-0.15, -0.1) is 0 Å². The van der Waals surface area contributed by atoms with Crippen molar-refractivity contribution in [2.75, 3.05) is 26.2 Å². The highest BCUT2D eigenvalue weighted by Crippen LogP contribution is 2.58. The quantitative estimate of drug-likeness (QED) is 0.287. The smallest absolute Gasteiger partial charge is 0.355 e. The topological polar surface area (TPSA) is 102 Å². The van der Waals surface area contributed by atoms with Crippen molar-refractivity contribution in [1.29, 1.82) is 0 Å². The van der Waals surface area contributed by atoms with Gasteiger partial charge in [0.2, 0.25) is 5.91 Å². The molecule has 9 nitrogen and oxygen atoms in total. The van der Waals surface area contributed by atoms with Crippen molar-refractivity contribution in [3.05, 3.63) is 137 Å². The number of halogens is 1. The van der Waals surface area contributed by atoms with E-state index in [4.69, 9.17) is 14.2 Å². The molecule has 0 saturated heterocycles. The molecule has 0 radical (unpaired) electrons. The fourth-order valence-corrected chi connectivity index (χ4v) is 6.67. The predicted octanol–water partition coefficient (Wildman–Crippen LogP) is 4.45. The van der Waals surface area contributed by atoms with Gasteiger partial charge in [-0.25, -0.2) is 14.0 Å². The molecular formula is C35H29FN2O7. The van der Waals surface area contributed by atoms with Crippen LogP contribution in [0.25, 0.3) is 0 Å². The summed E-state index contributed by atoms with van der Waals surface area (Å²) in [5.41, 5.74) is -1.11. The Morgan fingerprint density at radius 1 is 0.889 bits per heavy atom. The Labute approximate surface area is 258 Å². The molecular weight excluding hydrogens is 579 g/mol. The summed E-state index contributed by atoms with van der Waals surface area (Å²) in [6, 6.07) is 20.2. The van der Waals surface area contributed by atoms with Crippen molar-refractivity contribution in [3.63, 3.8) is 0 Å². The van der Waals surface area contributed by atoms with Crippen LogP contribution in [0.3, 0.4) is 0 Å². The molecule has 1 spiro atoms. The Bertz CT molecular complexity index is 1800. The molecule has 3 aliphatic rings. The van der Waals surface area contributed by atoms with Crippen LogP contribution in [0.2, 0.25) is 0 Å². The second-order valence-electron chi connectivity index (χ2n) is 10.8. The maximum atomic E-state index is 15.3. The van der Waals surface area contributed by atoms with Gasteiger partial charge in [-0.2, -0.15) is 0 Å². The van der Waals surface area contributed by atoms with E-state index in [9.17, 15) is 14.4 Å². The molecule has 0 bridgehead atoms. The molecule has 10 heteroatoms. The lowest BCUT2D eigenvalue weighted by molar-refractivity contribution is -0.143. The molecule has 45 heavy (non-hydrogen) atoms. The number of allylic oxidation sites excluding steroid dienone is 1. The van der Waals surface area contributed by atoms with Crippen LogP contribution in [-0.2, 0) is 40.6 Å². The van der Waals surface area contributed by atoms with Gasteiger partial charge in [0.15, 0.2) is 5.78 Å². The Morgan fingerprint density at radius 2 is 1.56 bits per heavy atom. The molecule has 1 unspecified atom stereocenters. The van der Waals surface area contributed by atoms with Crippen LogP contribution in [0.4, 0.5) is 10.1 Å². The van der Waals surface area contributed by atoms with Gasteiger partial charge in [-0.05, 0) is 41.5 Å². The lowest BCUT2D eigenvalue weighted by atomic mass is 9.58. The summed E-state index contributed by atoms with van der Waals surface area (Å²) in [4.78, 5) is 60.3. The van der Waals surface area contributed by atoms with Crippen LogP contribution in [0.1, 0.15) is 21.5 Å². The van der Waals surface area contributed by atoms with E-state index in [0.29, 0.717) is 11.4 Å². The summed E-state index contributed by atoms with van der Waals surface area (Å²) in [6.45, 7) is 0.0941. The number of hydrogen-bond acceptors (Lipinski definition) is 8. The highest BCUT2D eigenvalue weighted by molar-refractivity contribution is 6.19. The second kappa shape index (κ2) is 11.5. The average Bonchev–Trinajstić information content (AvgIpc) is 3.30. The van der Waals surface area contributed by atoms with E-state index in [-0.39, 0.29) is 28.9 Å². The van der Waals surface area contributed by atoms with Crippen LogP contribution in [0.15, 0.2) is 114 Å². The van der Waals surface area contributed by atoms with Gasteiger partial charge >= 0.3 is 11.9 Å². The van der Waals surface area contributed by atoms with Crippen molar-refractivity contribution >= 4 is 29.3 Å². The molecule has 1 amide bonds. The zero-order valence-electron chi connectivity index (χ0n) is 24.7. The van der Waals surface area contributed by atoms with Gasteiger partial charge < -0.3 is 24.0 Å². The predicted molar refractivity (Wildman–Crippen MR) is 161 cm³/mol. The first-order valence-corrected chi connectivity index (χ1v) is 14.2. The van der Waals surface area contributed by atoms with Crippen LogP contribution < -0.4 is 4.90 Å². The van der Waals surface area contributed by atoms with Crippen LogP contribution >= 0.6 is 0 Å². The number of carbonyl (C=O) groups excluding carboxylic acids is 4. The number of anilines is 1. The van der Waals surface area contributed by atoms with Crippen LogP contribution in [0, 0.1) is 11.7 Å². The van der Waals surface area contributed by atoms with Gasteiger partial charge in [0.1, 0.15) is 22.7 Å². The van der Waals surface area contributed by atoms with E-state index >= 15 is 9.18 Å². The standard InChI is InChI=1S/C35H29FN2O7/c1-43-24-16-17-37-27(19-24)35(25-18-23(36)14-15-26(25)38(34(35)42)20-21-10-6-4-7-11-21)29(31(39)22-12-8-5-9-13-22)28(32(40)44-2)30(37)33(41)45-3/h4-19,27,29H,20H2,1-3H3/t27?,29-,35-/m1/s1. The Morgan fingerprint density at radius 3 is 2.20 bits per heavy atom. The van der Waals surface area contributed by atoms with Crippen molar-refractivity contribution in [2.24, 2.45) is 5.92 Å². The van der Waals surface area contributed by atoms with E-state index < -0.39 is 46.8 Å². The molecule has 3 atom stereocenters. The van der Waals surface area contributed by atoms with E-state index in [1.54, 1.807) is 42.5 Å². The van der Waals surface area contributed by atoms with Crippen molar-refractivity contribution in [2.45, 2.75) is 18.0 Å². The van der Waals surface area contributed by atoms with E-state index in [1.807, 2.05) is 30.3 Å². The summed E-state index contributed by atoms with van der Waals surface area (Å²) in [5, 5.41) is 0. The summed E-state index contributed by atoms with van der Waals surface area (Å²) in [7, 11) is 3.71. The van der Waals surface area contributed by atoms with Crippen molar-refractivity contribution in [3.8, 4) is 0 Å². The molecule has 6 rings (SSSR count). The van der Waals surface area contributed by atoms with Crippen LogP contribution in [-0.4, -0.2) is 55.9 Å². The number of nitrogens with zero attached hydrogens (tertiary/aromatic N) is 2. The first-order chi connectivity index (χ1) is 21.8. The summed E-state index contributed by atoms with van der Waals surface area (Å²) >= 11 is 0. The summed E-state index contributed by atoms with van der Waals surface area (Å²) in [5.74, 6) is -5.09. The zero-order valence-corrected chi connectivity index (χ0v) is 24.7. The average molecular weight is 609 g/mol. The fraction of sp³-hybridized carbons (Fsp3) is 0.200. The molecule has 0 saturated carbocycles. The number of esters is 2. The molecule has 0 aromatic heterocycles. The monoisotopic (exact) mass is 608 g/mol. The van der Waals surface area contributed by atoms with Gasteiger partial charge in [0.05, 0.1) is 45.4 Å². The maximum absolute atomic E-state index is 15.3. The van der Waals surface area contributed by atoms with Gasteiger partial charge in [-0.1, -0.05) is 60.7 Å². The molecule has 0 N–H and O–H groups in total. The van der Waals surface area contributed by atoms with Crippen LogP contribution in [0.5, 0.6) is 0 Å². The number of Topliss-reactive ketones (excluding diaryl/α,β-unsaturated/α-hetero) is 1. The van der Waals surface area contributed by atoms with Crippen molar-refractivity contribution in [1.82, 2.24) is 4.90 Å². The van der Waals surface area contributed by atoms with Gasteiger partial charge in [0.25, 0.3) is 0 Å². The highest BCUT2D eigenvalue weighted by Gasteiger charge is 2.68. The molecule has 3 aromatic carbocycles. The zero-order chi connectivity index (χ0) is 31.9. The minimum Gasteiger partial charge on any atom is -0.497 e. The summed E-state index contributed by atoms with van der Waals surface area (Å²) in [6.07, 6.45) is 4.63. The molecule has 0 aliphatic carbocycles. The third-order valence-electron chi connectivity index (χ3n) is 8.56. The van der Waals surface area contributed by atoms with E-state index in [0.717, 1.165) is 19.8 Å². The lowest BCUT2D eigenvalue weighted by Crippen LogP contribution is -2.64. The van der Waals surface area contributed by atoms with Gasteiger partial charge in [0, 0.05) is 17.5 Å². The number of hydrogen-bond donors (Lipinski definition) is 0. The first-order valence-electron chi connectivity index (χ1n) is 14.2. The number of carbonyl (C=O) groups is 4. The van der Waals surface area contributed by atoms with E-state index in [2.05, 4.69) is 0 Å². The number of rotatable bonds is 7. The molecule has 0 fully saturated rings. The number of benzene rings is 3. The normalized spacial score (nSPS) is 21.7. The van der Waals surface area contributed by atoms with Gasteiger partial charge in [-0.3, -0.25) is 9.59 Å². The molecule has 3 aromatic rings. The number of fused-ring (bicyclic) bond motifs is 4. The largest absolute Gasteiger partial charge is 0.497 e. The maximum Gasteiger partial charge on any atom is 0.355 e. The molecule has 228 valence electrons. The number of methoxy groups -OCH3 is 3. The Balaban J connectivity index is 1.75. The summed E-state index contributed by atoms with van der Waals surface area (Å²) < 4.78 is 31.2. The van der Waals surface area contributed by atoms with Crippen molar-refractivity contribution < 1.29 is 37.8 Å². The SMILES string of the molecule is COC(=O)C1=C(C(=O)OC)N2C=CC(OC)=CC2[C@@]2(C(=O)N(Cc3ccccc3)c3ccc(F)cc32)[C@H]1C(=O)c1ccccc1. The number of ketones is 1. The lowest BCUT2D eigenvalue weighted by Gasteiger charge is -2.50. The third kappa shape index (κ3) is 4.52. The number of amides is 1. The first kappa shape index (κ1) is 29.6. The molecule has 3 aliphatic heterocycles. The molecule has 3 heterocycles. The third-order valence-corrected chi connectivity index (χ3v) is 8.56. The van der Waals surface area contributed by atoms with E-state index in [1.165, 1.54) is 41.3 Å². The minimum absolute atomic E-state index is 0.0941. The highest BCUT2D eigenvalue weighted by atomic mass is 19.1.